The first kappa shape index (κ1) is 14.9. The van der Waals surface area contributed by atoms with Crippen molar-refractivity contribution in [3.63, 3.8) is 0 Å². The highest BCUT2D eigenvalue weighted by Gasteiger charge is 2.27. The number of nitrogens with zero attached hydrogens (tertiary/aromatic N) is 2. The van der Waals surface area contributed by atoms with Crippen LogP contribution in [0.25, 0.3) is 0 Å². The van der Waals surface area contributed by atoms with Gasteiger partial charge in [-0.15, -0.1) is 0 Å². The molecule has 1 atom stereocenters. The maximum absolute atomic E-state index is 5.40. The first-order valence-electron chi connectivity index (χ1n) is 7.27. The Morgan fingerprint density at radius 2 is 1.53 bits per heavy atom. The fraction of sp³-hybridized carbons (Fsp3) is 1.00. The van der Waals surface area contributed by atoms with Gasteiger partial charge in [0.05, 0.1) is 13.2 Å². The van der Waals surface area contributed by atoms with Gasteiger partial charge in [0.25, 0.3) is 0 Å². The Morgan fingerprint density at radius 1 is 1.00 bits per heavy atom. The molecule has 2 heterocycles. The fourth-order valence-electron chi connectivity index (χ4n) is 2.79. The average molecular weight is 242 g/mol. The van der Waals surface area contributed by atoms with Crippen LogP contribution >= 0.6 is 0 Å². The summed E-state index contributed by atoms with van der Waals surface area (Å²) < 4.78 is 5.40. The van der Waals surface area contributed by atoms with Gasteiger partial charge in [-0.2, -0.15) is 0 Å². The largest absolute Gasteiger partial charge is 0.379 e. The van der Waals surface area contributed by atoms with Crippen LogP contribution in [0, 0.1) is 5.92 Å². The molecule has 17 heavy (non-hydrogen) atoms. The third kappa shape index (κ3) is 4.57. The monoisotopic (exact) mass is 242 g/mol. The lowest BCUT2D eigenvalue weighted by molar-refractivity contribution is -0.000329. The maximum Gasteiger partial charge on any atom is 0.0594 e. The van der Waals surface area contributed by atoms with E-state index < -0.39 is 0 Å². The van der Waals surface area contributed by atoms with Gasteiger partial charge in [0.1, 0.15) is 0 Å². The predicted molar refractivity (Wildman–Crippen MR) is 73.4 cm³/mol. The summed E-state index contributed by atoms with van der Waals surface area (Å²) in [6.45, 7) is 13.1. The van der Waals surface area contributed by atoms with Gasteiger partial charge in [0.15, 0.2) is 0 Å². The van der Waals surface area contributed by atoms with Crippen molar-refractivity contribution in [3.8, 4) is 0 Å². The topological polar surface area (TPSA) is 15.7 Å². The van der Waals surface area contributed by atoms with Crippen molar-refractivity contribution in [2.24, 2.45) is 5.92 Å². The van der Waals surface area contributed by atoms with Crippen LogP contribution in [0.4, 0.5) is 0 Å². The molecule has 0 radical (unpaired) electrons. The van der Waals surface area contributed by atoms with Crippen LogP contribution in [0.3, 0.4) is 0 Å². The van der Waals surface area contributed by atoms with Gasteiger partial charge in [0, 0.05) is 19.1 Å². The number of morpholine rings is 1. The summed E-state index contributed by atoms with van der Waals surface area (Å²) in [5.41, 5.74) is 0. The molecular formula is C14H30N2O. The van der Waals surface area contributed by atoms with Crippen LogP contribution in [-0.4, -0.2) is 62.3 Å². The van der Waals surface area contributed by atoms with Gasteiger partial charge >= 0.3 is 0 Å². The molecule has 3 nitrogen and oxygen atoms in total. The van der Waals surface area contributed by atoms with Gasteiger partial charge in [0.2, 0.25) is 0 Å². The minimum absolute atomic E-state index is 0.752. The lowest BCUT2D eigenvalue weighted by atomic mass is 9.89. The quantitative estimate of drug-likeness (QED) is 0.737. The molecule has 0 N–H and O–H groups in total. The molecule has 2 fully saturated rings. The molecule has 2 aliphatic heterocycles. The van der Waals surface area contributed by atoms with Gasteiger partial charge < -0.3 is 9.64 Å². The average Bonchev–Trinajstić information content (AvgIpc) is 2.42. The molecular weight excluding hydrogens is 212 g/mol. The Morgan fingerprint density at radius 3 is 2.06 bits per heavy atom. The first-order valence-corrected chi connectivity index (χ1v) is 7.27. The number of hydrogen-bond donors (Lipinski definition) is 0. The Kier molecular flexibility index (Phi) is 7.09. The zero-order valence-electron chi connectivity index (χ0n) is 12.1. The zero-order valence-corrected chi connectivity index (χ0v) is 12.1. The molecule has 0 aromatic rings. The van der Waals surface area contributed by atoms with Gasteiger partial charge in [-0.25, -0.2) is 0 Å². The number of piperidine rings is 1. The minimum Gasteiger partial charge on any atom is -0.379 e. The lowest BCUT2D eigenvalue weighted by Crippen LogP contribution is -2.47. The standard InChI is InChI=1S/C12H24N2O.C2H6/c1-11(14-7-9-15-10-8-14)12-3-5-13(2)6-4-12;1-2/h11-12H,3-10H2,1-2H3;1-2H3. The highest BCUT2D eigenvalue weighted by Crippen LogP contribution is 2.23. The smallest absolute Gasteiger partial charge is 0.0594 e. The van der Waals surface area contributed by atoms with Crippen LogP contribution in [0.15, 0.2) is 0 Å². The summed E-state index contributed by atoms with van der Waals surface area (Å²) in [4.78, 5) is 5.06. The van der Waals surface area contributed by atoms with Crippen LogP contribution in [0.5, 0.6) is 0 Å². The second-order valence-electron chi connectivity index (χ2n) is 5.03. The second kappa shape index (κ2) is 8.06. The highest BCUT2D eigenvalue weighted by atomic mass is 16.5. The summed E-state index contributed by atoms with van der Waals surface area (Å²) >= 11 is 0. The maximum atomic E-state index is 5.40. The van der Waals surface area contributed by atoms with Gasteiger partial charge in [-0.1, -0.05) is 13.8 Å². The van der Waals surface area contributed by atoms with Crippen molar-refractivity contribution in [2.75, 3.05) is 46.4 Å². The van der Waals surface area contributed by atoms with E-state index in [1.54, 1.807) is 0 Å². The van der Waals surface area contributed by atoms with Crippen molar-refractivity contribution in [1.82, 2.24) is 9.80 Å². The summed E-state index contributed by atoms with van der Waals surface area (Å²) in [6, 6.07) is 0.752. The van der Waals surface area contributed by atoms with Crippen molar-refractivity contribution in [1.29, 1.82) is 0 Å². The van der Waals surface area contributed by atoms with Crippen LogP contribution in [0.2, 0.25) is 0 Å². The number of likely N-dealkylation sites (tertiary alicyclic amines) is 1. The minimum atomic E-state index is 0.752. The summed E-state index contributed by atoms with van der Waals surface area (Å²) in [5, 5.41) is 0. The summed E-state index contributed by atoms with van der Waals surface area (Å²) in [5.74, 6) is 0.902. The van der Waals surface area contributed by atoms with E-state index in [0.717, 1.165) is 38.3 Å². The Bertz CT molecular complexity index is 185. The van der Waals surface area contributed by atoms with Crippen molar-refractivity contribution < 1.29 is 4.74 Å². The van der Waals surface area contributed by atoms with Crippen LogP contribution in [-0.2, 0) is 4.74 Å². The molecule has 0 aromatic heterocycles. The number of rotatable bonds is 2. The molecule has 0 bridgehead atoms. The molecule has 2 rings (SSSR count). The van der Waals surface area contributed by atoms with Gasteiger partial charge in [-0.05, 0) is 45.8 Å². The normalized spacial score (nSPS) is 26.1. The molecule has 2 saturated heterocycles. The van der Waals surface area contributed by atoms with E-state index in [-0.39, 0.29) is 0 Å². The van der Waals surface area contributed by atoms with Crippen LogP contribution in [0.1, 0.15) is 33.6 Å². The fourth-order valence-corrected chi connectivity index (χ4v) is 2.79. The van der Waals surface area contributed by atoms with E-state index in [4.69, 9.17) is 4.74 Å². The molecule has 0 saturated carbocycles. The van der Waals surface area contributed by atoms with Crippen molar-refractivity contribution in [2.45, 2.75) is 39.7 Å². The Labute approximate surface area is 107 Å². The second-order valence-corrected chi connectivity index (χ2v) is 5.03. The van der Waals surface area contributed by atoms with Gasteiger partial charge in [-0.3, -0.25) is 4.90 Å². The molecule has 2 aliphatic rings. The number of ether oxygens (including phenoxy) is 1. The van der Waals surface area contributed by atoms with E-state index in [1.165, 1.54) is 25.9 Å². The van der Waals surface area contributed by atoms with Crippen molar-refractivity contribution >= 4 is 0 Å². The predicted octanol–water partition coefficient (Wildman–Crippen LogP) is 2.08. The molecule has 0 aromatic carbocycles. The third-order valence-corrected chi connectivity index (χ3v) is 4.07. The summed E-state index contributed by atoms with van der Waals surface area (Å²) in [7, 11) is 2.23. The highest BCUT2D eigenvalue weighted by molar-refractivity contribution is 4.81. The van der Waals surface area contributed by atoms with Crippen molar-refractivity contribution in [3.05, 3.63) is 0 Å². The van der Waals surface area contributed by atoms with Crippen LogP contribution < -0.4 is 0 Å². The molecule has 102 valence electrons. The lowest BCUT2D eigenvalue weighted by Gasteiger charge is -2.40. The molecule has 0 amide bonds. The van der Waals surface area contributed by atoms with E-state index in [0.29, 0.717) is 0 Å². The zero-order chi connectivity index (χ0) is 12.7. The van der Waals surface area contributed by atoms with E-state index in [2.05, 4.69) is 23.8 Å². The van der Waals surface area contributed by atoms with E-state index in [9.17, 15) is 0 Å². The Hall–Kier alpha value is -0.120. The summed E-state index contributed by atoms with van der Waals surface area (Å²) in [6.07, 6.45) is 2.74. The third-order valence-electron chi connectivity index (χ3n) is 4.07. The molecule has 0 aliphatic carbocycles. The molecule has 0 spiro atoms. The SMILES string of the molecule is CC.CC(C1CCN(C)CC1)N1CCOCC1. The molecule has 3 heteroatoms. The Balaban J connectivity index is 0.000000686. The van der Waals surface area contributed by atoms with E-state index in [1.807, 2.05) is 13.8 Å². The first-order chi connectivity index (χ1) is 8.27. The number of hydrogen-bond acceptors (Lipinski definition) is 3. The molecule has 1 unspecified atom stereocenters. The van der Waals surface area contributed by atoms with E-state index >= 15 is 0 Å².